The topological polar surface area (TPSA) is 101 Å². The lowest BCUT2D eigenvalue weighted by Gasteiger charge is -2.16. The average molecular weight is 422 g/mol. The second-order valence-corrected chi connectivity index (χ2v) is 7.12. The van der Waals surface area contributed by atoms with Gasteiger partial charge in [-0.1, -0.05) is 41.9 Å². The fraction of sp³-hybridized carbons (Fsp3) is 0.0870. The number of nitrogens with one attached hydrogen (secondary N) is 2. The highest BCUT2D eigenvalue weighted by molar-refractivity contribution is 6.30. The Morgan fingerprint density at radius 1 is 0.867 bits per heavy atom. The standard InChI is InChI=1S/C23H20ClN3O3/c1-14(15-8-12-18(13-9-15)27-23(25)30)26-22(29)20-5-3-2-4-19(20)21(28)16-6-10-17(24)11-7-16/h2-14H,1H3,(H,26,29)(H3,25,27,30). The molecule has 152 valence electrons. The summed E-state index contributed by atoms with van der Waals surface area (Å²) in [7, 11) is 0. The molecule has 7 heteroatoms. The number of hydrogen-bond acceptors (Lipinski definition) is 3. The molecule has 0 aliphatic carbocycles. The van der Waals surface area contributed by atoms with Gasteiger partial charge < -0.3 is 16.4 Å². The van der Waals surface area contributed by atoms with E-state index >= 15 is 0 Å². The number of anilines is 1. The van der Waals surface area contributed by atoms with Gasteiger partial charge in [0.2, 0.25) is 0 Å². The molecule has 4 N–H and O–H groups in total. The van der Waals surface area contributed by atoms with E-state index in [1.54, 1.807) is 72.8 Å². The quantitative estimate of drug-likeness (QED) is 0.509. The van der Waals surface area contributed by atoms with Gasteiger partial charge in [0.15, 0.2) is 5.78 Å². The normalized spacial score (nSPS) is 11.4. The van der Waals surface area contributed by atoms with E-state index in [4.69, 9.17) is 17.3 Å². The molecule has 3 amide bonds. The summed E-state index contributed by atoms with van der Waals surface area (Å²) in [5.41, 5.74) is 7.54. The molecule has 0 fully saturated rings. The number of halogens is 1. The van der Waals surface area contributed by atoms with Crippen LogP contribution in [0, 0.1) is 0 Å². The smallest absolute Gasteiger partial charge is 0.316 e. The van der Waals surface area contributed by atoms with Gasteiger partial charge in [-0.15, -0.1) is 0 Å². The molecule has 30 heavy (non-hydrogen) atoms. The predicted octanol–water partition coefficient (Wildman–Crippen LogP) is 4.55. The van der Waals surface area contributed by atoms with Crippen LogP contribution in [0.2, 0.25) is 5.02 Å². The highest BCUT2D eigenvalue weighted by Crippen LogP contribution is 2.20. The molecule has 1 atom stereocenters. The lowest BCUT2D eigenvalue weighted by molar-refractivity contribution is 0.0929. The molecule has 0 bridgehead atoms. The molecule has 0 saturated heterocycles. The van der Waals surface area contributed by atoms with Gasteiger partial charge >= 0.3 is 6.03 Å². The van der Waals surface area contributed by atoms with E-state index in [2.05, 4.69) is 10.6 Å². The molecule has 0 spiro atoms. The Hall–Kier alpha value is -3.64. The molecule has 6 nitrogen and oxygen atoms in total. The number of carbonyl (C=O) groups is 3. The van der Waals surface area contributed by atoms with Crippen LogP contribution in [0.25, 0.3) is 0 Å². The van der Waals surface area contributed by atoms with Crippen LogP contribution in [0.4, 0.5) is 10.5 Å². The summed E-state index contributed by atoms with van der Waals surface area (Å²) < 4.78 is 0. The second kappa shape index (κ2) is 9.24. The van der Waals surface area contributed by atoms with E-state index in [-0.39, 0.29) is 23.3 Å². The number of benzene rings is 3. The van der Waals surface area contributed by atoms with Gasteiger partial charge in [-0.05, 0) is 55.0 Å². The van der Waals surface area contributed by atoms with Crippen molar-refractivity contribution in [3.8, 4) is 0 Å². The third-order valence-corrected chi connectivity index (χ3v) is 4.80. The van der Waals surface area contributed by atoms with Crippen LogP contribution in [0.3, 0.4) is 0 Å². The zero-order chi connectivity index (χ0) is 21.7. The maximum atomic E-state index is 12.9. The third kappa shape index (κ3) is 5.04. The molecule has 1 unspecified atom stereocenters. The number of nitrogens with two attached hydrogens (primary N) is 1. The lowest BCUT2D eigenvalue weighted by Crippen LogP contribution is -2.28. The van der Waals surface area contributed by atoms with E-state index in [0.29, 0.717) is 21.8 Å². The number of amides is 3. The predicted molar refractivity (Wildman–Crippen MR) is 117 cm³/mol. The van der Waals surface area contributed by atoms with Crippen molar-refractivity contribution in [3.63, 3.8) is 0 Å². The minimum Gasteiger partial charge on any atom is -0.351 e. The van der Waals surface area contributed by atoms with Gasteiger partial charge in [-0.25, -0.2) is 4.79 Å². The molecule has 3 aromatic rings. The summed E-state index contributed by atoms with van der Waals surface area (Å²) in [6, 6.07) is 19.2. The van der Waals surface area contributed by atoms with Crippen molar-refractivity contribution in [1.29, 1.82) is 0 Å². The number of carbonyl (C=O) groups excluding carboxylic acids is 3. The van der Waals surface area contributed by atoms with Crippen molar-refractivity contribution in [2.45, 2.75) is 13.0 Å². The van der Waals surface area contributed by atoms with Crippen molar-refractivity contribution in [1.82, 2.24) is 5.32 Å². The molecule has 0 aromatic heterocycles. The number of ketones is 1. The fourth-order valence-electron chi connectivity index (χ4n) is 2.99. The Morgan fingerprint density at radius 2 is 1.47 bits per heavy atom. The van der Waals surface area contributed by atoms with Crippen LogP contribution in [0.1, 0.15) is 44.8 Å². The minimum absolute atomic E-state index is 0.257. The summed E-state index contributed by atoms with van der Waals surface area (Å²) in [6.45, 7) is 1.83. The Morgan fingerprint density at radius 3 is 2.07 bits per heavy atom. The molecule has 3 aromatic carbocycles. The summed E-state index contributed by atoms with van der Waals surface area (Å²) in [4.78, 5) is 36.7. The molecule has 0 heterocycles. The first-order chi connectivity index (χ1) is 14.3. The van der Waals surface area contributed by atoms with E-state index in [1.807, 2.05) is 6.92 Å². The Balaban J connectivity index is 1.78. The van der Waals surface area contributed by atoms with Gasteiger partial charge in [-0.3, -0.25) is 9.59 Å². The van der Waals surface area contributed by atoms with E-state index in [0.717, 1.165) is 5.56 Å². The van der Waals surface area contributed by atoms with Crippen LogP contribution in [0.5, 0.6) is 0 Å². The van der Waals surface area contributed by atoms with Crippen LogP contribution in [-0.4, -0.2) is 17.7 Å². The molecule has 0 aliphatic rings. The van der Waals surface area contributed by atoms with Gasteiger partial charge in [0.25, 0.3) is 5.91 Å². The van der Waals surface area contributed by atoms with Crippen molar-refractivity contribution in [3.05, 3.63) is 100 Å². The van der Waals surface area contributed by atoms with Crippen LogP contribution in [0.15, 0.2) is 72.8 Å². The molecule has 0 radical (unpaired) electrons. The summed E-state index contributed by atoms with van der Waals surface area (Å²) in [5, 5.41) is 5.92. The Bertz CT molecular complexity index is 1080. The first-order valence-corrected chi connectivity index (χ1v) is 9.59. The van der Waals surface area contributed by atoms with Gasteiger partial charge in [0.05, 0.1) is 11.6 Å². The van der Waals surface area contributed by atoms with E-state index in [9.17, 15) is 14.4 Å². The summed E-state index contributed by atoms with van der Waals surface area (Å²) >= 11 is 5.89. The second-order valence-electron chi connectivity index (χ2n) is 6.69. The van der Waals surface area contributed by atoms with E-state index in [1.165, 1.54) is 0 Å². The SMILES string of the molecule is CC(NC(=O)c1ccccc1C(=O)c1ccc(Cl)cc1)c1ccc(NC(N)=O)cc1. The first-order valence-electron chi connectivity index (χ1n) is 9.21. The highest BCUT2D eigenvalue weighted by Gasteiger charge is 2.19. The molecule has 3 rings (SSSR count). The highest BCUT2D eigenvalue weighted by atomic mass is 35.5. The van der Waals surface area contributed by atoms with Gasteiger partial charge in [-0.2, -0.15) is 0 Å². The van der Waals surface area contributed by atoms with Crippen LogP contribution >= 0.6 is 11.6 Å². The average Bonchev–Trinajstić information content (AvgIpc) is 2.74. The third-order valence-electron chi connectivity index (χ3n) is 4.55. The molecular weight excluding hydrogens is 402 g/mol. The lowest BCUT2D eigenvalue weighted by atomic mass is 9.97. The number of hydrogen-bond donors (Lipinski definition) is 3. The Kier molecular flexibility index (Phi) is 6.49. The van der Waals surface area contributed by atoms with Crippen molar-refractivity contribution in [2.24, 2.45) is 5.73 Å². The van der Waals surface area contributed by atoms with Crippen molar-refractivity contribution >= 4 is 35.0 Å². The summed E-state index contributed by atoms with van der Waals surface area (Å²) in [6.07, 6.45) is 0. The van der Waals surface area contributed by atoms with Gasteiger partial charge in [0, 0.05) is 21.8 Å². The minimum atomic E-state index is -0.647. The van der Waals surface area contributed by atoms with Crippen LogP contribution < -0.4 is 16.4 Å². The number of rotatable bonds is 6. The number of primary amides is 1. The van der Waals surface area contributed by atoms with Crippen LogP contribution in [-0.2, 0) is 0 Å². The number of urea groups is 1. The largest absolute Gasteiger partial charge is 0.351 e. The molecule has 0 saturated carbocycles. The summed E-state index contributed by atoms with van der Waals surface area (Å²) in [5.74, 6) is -0.619. The molecule has 0 aliphatic heterocycles. The zero-order valence-electron chi connectivity index (χ0n) is 16.2. The zero-order valence-corrected chi connectivity index (χ0v) is 16.9. The maximum Gasteiger partial charge on any atom is 0.316 e. The van der Waals surface area contributed by atoms with Gasteiger partial charge in [0.1, 0.15) is 0 Å². The fourth-order valence-corrected chi connectivity index (χ4v) is 3.12. The first kappa shape index (κ1) is 21.1. The monoisotopic (exact) mass is 421 g/mol. The van der Waals surface area contributed by atoms with E-state index < -0.39 is 6.03 Å². The van der Waals surface area contributed by atoms with Crippen molar-refractivity contribution in [2.75, 3.05) is 5.32 Å². The maximum absolute atomic E-state index is 12.9. The molecular formula is C23H20ClN3O3. The van der Waals surface area contributed by atoms with Crippen molar-refractivity contribution < 1.29 is 14.4 Å². The Labute approximate surface area is 179 Å².